The average molecular weight is 310 g/mol. The Balaban J connectivity index is 1.86. The number of hydrogen-bond donors (Lipinski definition) is 2. The molecule has 21 heavy (non-hydrogen) atoms. The van der Waals surface area contributed by atoms with Crippen molar-refractivity contribution in [2.24, 2.45) is 0 Å². The van der Waals surface area contributed by atoms with Crippen molar-refractivity contribution in [3.8, 4) is 0 Å². The highest BCUT2D eigenvalue weighted by molar-refractivity contribution is 7.13. The zero-order valence-electron chi connectivity index (χ0n) is 11.8. The Hall–Kier alpha value is -1.89. The van der Waals surface area contributed by atoms with Crippen LogP contribution >= 0.6 is 11.3 Å². The minimum atomic E-state index is -0.905. The number of nitrogens with one attached hydrogen (secondary N) is 1. The van der Waals surface area contributed by atoms with Crippen molar-refractivity contribution in [2.45, 2.75) is 32.2 Å². The normalized spacial score (nSPS) is 17.8. The van der Waals surface area contributed by atoms with E-state index in [9.17, 15) is 14.4 Å². The van der Waals surface area contributed by atoms with E-state index in [-0.39, 0.29) is 30.8 Å². The van der Waals surface area contributed by atoms with Gasteiger partial charge in [-0.05, 0) is 31.9 Å². The lowest BCUT2D eigenvalue weighted by Gasteiger charge is -2.23. The molecular formula is C14H18N2O4S. The molecule has 1 fully saturated rings. The summed E-state index contributed by atoms with van der Waals surface area (Å²) in [6, 6.07) is 3.32. The number of carbonyl (C=O) groups is 3. The molecule has 6 nitrogen and oxygen atoms in total. The van der Waals surface area contributed by atoms with Crippen LogP contribution in [0.3, 0.4) is 0 Å². The van der Waals surface area contributed by atoms with Gasteiger partial charge in [0.15, 0.2) is 0 Å². The number of aliphatic carboxylic acids is 1. The first-order valence-electron chi connectivity index (χ1n) is 6.83. The van der Waals surface area contributed by atoms with Gasteiger partial charge in [-0.3, -0.25) is 14.4 Å². The van der Waals surface area contributed by atoms with E-state index in [1.54, 1.807) is 11.0 Å². The van der Waals surface area contributed by atoms with Gasteiger partial charge in [-0.1, -0.05) is 0 Å². The lowest BCUT2D eigenvalue weighted by molar-refractivity contribution is -0.139. The van der Waals surface area contributed by atoms with Gasteiger partial charge in [0.2, 0.25) is 5.91 Å². The fraction of sp³-hybridized carbons (Fsp3) is 0.500. The van der Waals surface area contributed by atoms with Crippen LogP contribution in [0.15, 0.2) is 12.1 Å². The van der Waals surface area contributed by atoms with Gasteiger partial charge < -0.3 is 15.3 Å². The van der Waals surface area contributed by atoms with E-state index in [2.05, 4.69) is 5.32 Å². The van der Waals surface area contributed by atoms with Gasteiger partial charge in [-0.2, -0.15) is 0 Å². The molecule has 7 heteroatoms. The van der Waals surface area contributed by atoms with Gasteiger partial charge in [0.05, 0.1) is 17.8 Å². The fourth-order valence-corrected chi connectivity index (χ4v) is 3.26. The van der Waals surface area contributed by atoms with Crippen molar-refractivity contribution in [1.82, 2.24) is 10.2 Å². The number of aryl methyl sites for hydroxylation is 1. The Morgan fingerprint density at radius 1 is 1.43 bits per heavy atom. The molecule has 1 aromatic rings. The second-order valence-corrected chi connectivity index (χ2v) is 6.36. The van der Waals surface area contributed by atoms with Crippen LogP contribution in [0, 0.1) is 6.92 Å². The van der Waals surface area contributed by atoms with Crippen LogP contribution in [-0.2, 0) is 9.59 Å². The summed E-state index contributed by atoms with van der Waals surface area (Å²) in [5, 5.41) is 11.4. The minimum absolute atomic E-state index is 0.0379. The molecule has 1 saturated heterocycles. The Labute approximate surface area is 126 Å². The summed E-state index contributed by atoms with van der Waals surface area (Å²) in [4.78, 5) is 37.9. The summed E-state index contributed by atoms with van der Waals surface area (Å²) in [7, 11) is 0. The third-order valence-corrected chi connectivity index (χ3v) is 4.47. The Kier molecular flexibility index (Phi) is 4.95. The number of carboxylic acids is 1. The SMILES string of the molecule is Cc1ccc(C(=O)NCC(=O)N2CCCC2CC(=O)O)s1. The highest BCUT2D eigenvalue weighted by Crippen LogP contribution is 2.20. The summed E-state index contributed by atoms with van der Waals surface area (Å²) in [6.07, 6.45) is 1.47. The summed E-state index contributed by atoms with van der Waals surface area (Å²) in [5.41, 5.74) is 0. The maximum Gasteiger partial charge on any atom is 0.305 e. The van der Waals surface area contributed by atoms with Gasteiger partial charge in [0, 0.05) is 17.5 Å². The third kappa shape index (κ3) is 4.04. The first-order valence-corrected chi connectivity index (χ1v) is 7.65. The van der Waals surface area contributed by atoms with E-state index in [4.69, 9.17) is 5.11 Å². The van der Waals surface area contributed by atoms with Crippen molar-refractivity contribution in [3.05, 3.63) is 21.9 Å². The average Bonchev–Trinajstić information content (AvgIpc) is 3.04. The van der Waals surface area contributed by atoms with Crippen molar-refractivity contribution in [2.75, 3.05) is 13.1 Å². The molecule has 0 saturated carbocycles. The maximum atomic E-state index is 12.1. The Morgan fingerprint density at radius 2 is 2.19 bits per heavy atom. The van der Waals surface area contributed by atoms with Crippen LogP contribution in [0.4, 0.5) is 0 Å². The molecule has 1 aliphatic heterocycles. The lowest BCUT2D eigenvalue weighted by Crippen LogP contribution is -2.43. The molecule has 0 aliphatic carbocycles. The summed E-state index contributed by atoms with van der Waals surface area (Å²) in [6.45, 7) is 2.38. The maximum absolute atomic E-state index is 12.1. The fourth-order valence-electron chi connectivity index (χ4n) is 2.48. The molecule has 1 aliphatic rings. The van der Waals surface area contributed by atoms with Crippen LogP contribution in [0.1, 0.15) is 33.8 Å². The third-order valence-electron chi connectivity index (χ3n) is 3.47. The first-order chi connectivity index (χ1) is 9.97. The number of thiophene rings is 1. The van der Waals surface area contributed by atoms with Gasteiger partial charge in [-0.25, -0.2) is 0 Å². The summed E-state index contributed by atoms with van der Waals surface area (Å²) >= 11 is 1.37. The topological polar surface area (TPSA) is 86.7 Å². The van der Waals surface area contributed by atoms with Gasteiger partial charge in [-0.15, -0.1) is 11.3 Å². The molecular weight excluding hydrogens is 292 g/mol. The molecule has 114 valence electrons. The van der Waals surface area contributed by atoms with Crippen LogP contribution in [0.5, 0.6) is 0 Å². The van der Waals surface area contributed by atoms with E-state index < -0.39 is 5.97 Å². The van der Waals surface area contributed by atoms with E-state index in [1.807, 2.05) is 13.0 Å². The summed E-state index contributed by atoms with van der Waals surface area (Å²) in [5.74, 6) is -1.39. The Morgan fingerprint density at radius 3 is 2.81 bits per heavy atom. The second kappa shape index (κ2) is 6.71. The predicted molar refractivity (Wildman–Crippen MR) is 78.4 cm³/mol. The van der Waals surface area contributed by atoms with Crippen molar-refractivity contribution in [1.29, 1.82) is 0 Å². The molecule has 2 rings (SSSR count). The largest absolute Gasteiger partial charge is 0.481 e. The van der Waals surface area contributed by atoms with Crippen molar-refractivity contribution < 1.29 is 19.5 Å². The number of nitrogens with zero attached hydrogens (tertiary/aromatic N) is 1. The molecule has 0 aromatic carbocycles. The minimum Gasteiger partial charge on any atom is -0.481 e. The van der Waals surface area contributed by atoms with Crippen LogP contribution < -0.4 is 5.32 Å². The molecule has 2 amide bonds. The number of carboxylic acid groups (broad SMARTS) is 1. The molecule has 0 bridgehead atoms. The number of likely N-dealkylation sites (tertiary alicyclic amines) is 1. The second-order valence-electron chi connectivity index (χ2n) is 5.07. The van der Waals surface area contributed by atoms with E-state index in [1.165, 1.54) is 11.3 Å². The van der Waals surface area contributed by atoms with Crippen LogP contribution in [-0.4, -0.2) is 46.9 Å². The van der Waals surface area contributed by atoms with Gasteiger partial charge >= 0.3 is 5.97 Å². The van der Waals surface area contributed by atoms with Crippen molar-refractivity contribution in [3.63, 3.8) is 0 Å². The first kappa shape index (κ1) is 15.5. The van der Waals surface area contributed by atoms with E-state index >= 15 is 0 Å². The predicted octanol–water partition coefficient (Wildman–Crippen LogP) is 1.25. The summed E-state index contributed by atoms with van der Waals surface area (Å²) < 4.78 is 0. The molecule has 1 atom stereocenters. The van der Waals surface area contributed by atoms with E-state index in [0.717, 1.165) is 11.3 Å². The highest BCUT2D eigenvalue weighted by Gasteiger charge is 2.30. The van der Waals surface area contributed by atoms with Crippen molar-refractivity contribution >= 4 is 29.1 Å². The molecule has 2 N–H and O–H groups in total. The standard InChI is InChI=1S/C14H18N2O4S/c1-9-4-5-11(21-9)14(20)15-8-12(17)16-6-2-3-10(16)7-13(18)19/h4-5,10H,2-3,6-8H2,1H3,(H,15,20)(H,18,19). The van der Waals surface area contributed by atoms with E-state index in [0.29, 0.717) is 17.8 Å². The van der Waals surface area contributed by atoms with Gasteiger partial charge in [0.25, 0.3) is 5.91 Å². The smallest absolute Gasteiger partial charge is 0.305 e. The zero-order valence-corrected chi connectivity index (χ0v) is 12.6. The number of amides is 2. The molecule has 0 spiro atoms. The number of hydrogen-bond acceptors (Lipinski definition) is 4. The molecule has 2 heterocycles. The molecule has 1 aromatic heterocycles. The van der Waals surface area contributed by atoms with Crippen LogP contribution in [0.25, 0.3) is 0 Å². The molecule has 0 radical (unpaired) electrons. The van der Waals surface area contributed by atoms with Crippen LogP contribution in [0.2, 0.25) is 0 Å². The monoisotopic (exact) mass is 310 g/mol. The highest BCUT2D eigenvalue weighted by atomic mass is 32.1. The zero-order chi connectivity index (χ0) is 15.4. The lowest BCUT2D eigenvalue weighted by atomic mass is 10.1. The molecule has 1 unspecified atom stereocenters. The quantitative estimate of drug-likeness (QED) is 0.857. The number of rotatable bonds is 5. The number of carbonyl (C=O) groups excluding carboxylic acids is 2. The van der Waals surface area contributed by atoms with Gasteiger partial charge in [0.1, 0.15) is 0 Å². The Bertz CT molecular complexity index is 555.